The van der Waals surface area contributed by atoms with Gasteiger partial charge in [0.2, 0.25) is 0 Å². The van der Waals surface area contributed by atoms with E-state index in [-0.39, 0.29) is 18.6 Å². The van der Waals surface area contributed by atoms with E-state index in [1.54, 1.807) is 31.0 Å². The number of amides is 1. The van der Waals surface area contributed by atoms with Gasteiger partial charge in [0.25, 0.3) is 5.91 Å². The van der Waals surface area contributed by atoms with Gasteiger partial charge in [0.05, 0.1) is 17.3 Å². The lowest BCUT2D eigenvalue weighted by Crippen LogP contribution is -2.29. The molecule has 4 rings (SSSR count). The lowest BCUT2D eigenvalue weighted by atomic mass is 10.1. The summed E-state index contributed by atoms with van der Waals surface area (Å²) in [5.41, 5.74) is 3.90. The summed E-state index contributed by atoms with van der Waals surface area (Å²) in [6.45, 7) is 6.14. The van der Waals surface area contributed by atoms with Crippen molar-refractivity contribution in [1.82, 2.24) is 35.2 Å². The van der Waals surface area contributed by atoms with E-state index < -0.39 is 6.10 Å². The summed E-state index contributed by atoms with van der Waals surface area (Å²) in [6.07, 6.45) is 4.72. The topological polar surface area (TPSA) is 131 Å². The minimum absolute atomic E-state index is 0.157. The summed E-state index contributed by atoms with van der Waals surface area (Å²) in [4.78, 5) is 17.1. The third kappa shape index (κ3) is 7.33. The molecule has 208 valence electrons. The number of aliphatic hydroxyl groups is 1. The van der Waals surface area contributed by atoms with Crippen LogP contribution in [0.3, 0.4) is 0 Å². The van der Waals surface area contributed by atoms with Crippen LogP contribution in [-0.4, -0.2) is 75.0 Å². The Morgan fingerprint density at radius 3 is 2.72 bits per heavy atom. The molecule has 3 aromatic heterocycles. The number of hydrogen-bond donors (Lipinski definition) is 4. The largest absolute Gasteiger partial charge is 0.491 e. The molecule has 11 heteroatoms. The van der Waals surface area contributed by atoms with Crippen LogP contribution in [0.25, 0.3) is 22.3 Å². The molecule has 1 unspecified atom stereocenters. The zero-order chi connectivity index (χ0) is 27.8. The van der Waals surface area contributed by atoms with Crippen LogP contribution in [0.4, 0.5) is 5.69 Å². The van der Waals surface area contributed by atoms with Crippen LogP contribution >= 0.6 is 0 Å². The van der Waals surface area contributed by atoms with Gasteiger partial charge in [0.1, 0.15) is 24.2 Å². The molecule has 0 saturated carbocycles. The van der Waals surface area contributed by atoms with Crippen molar-refractivity contribution in [3.05, 3.63) is 54.5 Å². The van der Waals surface area contributed by atoms with Gasteiger partial charge in [-0.1, -0.05) is 12.1 Å². The van der Waals surface area contributed by atoms with Gasteiger partial charge in [0, 0.05) is 50.2 Å². The van der Waals surface area contributed by atoms with Crippen molar-refractivity contribution >= 4 is 22.6 Å². The van der Waals surface area contributed by atoms with Crippen LogP contribution in [0.15, 0.2) is 48.8 Å². The Bertz CT molecular complexity index is 1380. The first kappa shape index (κ1) is 28.1. The standard InChI is InChI=1S/C28H38N8O3/c1-19(2)36-27-23(17-32-36)26(30-11-5-6-12-31-28(38)24-10-13-35(4)34-24)15-25(33-27)20-8-7-9-22(14-20)39-18-21(37)16-29-3/h7-10,13-15,17,19,21,29,37H,5-6,11-12,16,18H2,1-4H3,(H,30,33)(H,31,38). The summed E-state index contributed by atoms with van der Waals surface area (Å²) >= 11 is 0. The van der Waals surface area contributed by atoms with Crippen molar-refractivity contribution in [3.8, 4) is 17.0 Å². The average Bonchev–Trinajstić information content (AvgIpc) is 3.56. The monoisotopic (exact) mass is 534 g/mol. The summed E-state index contributed by atoms with van der Waals surface area (Å²) in [5, 5.41) is 29.1. The maximum Gasteiger partial charge on any atom is 0.271 e. The Kier molecular flexibility index (Phi) is 9.50. The van der Waals surface area contributed by atoms with Crippen molar-refractivity contribution in [1.29, 1.82) is 0 Å². The van der Waals surface area contributed by atoms with E-state index in [0.717, 1.165) is 47.4 Å². The van der Waals surface area contributed by atoms with Crippen molar-refractivity contribution in [3.63, 3.8) is 0 Å². The molecular weight excluding hydrogens is 496 g/mol. The molecular formula is C28H38N8O3. The number of nitrogens with one attached hydrogen (secondary N) is 3. The lowest BCUT2D eigenvalue weighted by molar-refractivity contribution is 0.0947. The van der Waals surface area contributed by atoms with E-state index in [0.29, 0.717) is 24.5 Å². The van der Waals surface area contributed by atoms with Crippen LogP contribution in [0.1, 0.15) is 43.2 Å². The smallest absolute Gasteiger partial charge is 0.271 e. The number of fused-ring (bicyclic) bond motifs is 1. The van der Waals surface area contributed by atoms with Gasteiger partial charge in [-0.3, -0.25) is 9.48 Å². The maximum atomic E-state index is 12.2. The van der Waals surface area contributed by atoms with Crippen LogP contribution in [0.2, 0.25) is 0 Å². The molecule has 11 nitrogen and oxygen atoms in total. The minimum atomic E-state index is -0.590. The van der Waals surface area contributed by atoms with Crippen LogP contribution < -0.4 is 20.7 Å². The van der Waals surface area contributed by atoms with E-state index >= 15 is 0 Å². The predicted octanol–water partition coefficient (Wildman–Crippen LogP) is 2.99. The van der Waals surface area contributed by atoms with Crippen molar-refractivity contribution < 1.29 is 14.6 Å². The van der Waals surface area contributed by atoms with Gasteiger partial charge in [-0.2, -0.15) is 10.2 Å². The zero-order valence-electron chi connectivity index (χ0n) is 23.0. The summed E-state index contributed by atoms with van der Waals surface area (Å²) in [7, 11) is 3.58. The van der Waals surface area contributed by atoms with Crippen molar-refractivity contribution in [2.45, 2.75) is 38.8 Å². The molecule has 3 heterocycles. The first-order valence-corrected chi connectivity index (χ1v) is 13.3. The molecule has 0 aliphatic heterocycles. The molecule has 0 aliphatic carbocycles. The van der Waals surface area contributed by atoms with E-state index in [1.807, 2.05) is 41.2 Å². The van der Waals surface area contributed by atoms with Gasteiger partial charge < -0.3 is 25.8 Å². The minimum Gasteiger partial charge on any atom is -0.491 e. The number of aryl methyl sites for hydroxylation is 1. The number of carbonyl (C=O) groups is 1. The first-order valence-electron chi connectivity index (χ1n) is 13.3. The summed E-state index contributed by atoms with van der Waals surface area (Å²) in [6, 6.07) is 11.6. The van der Waals surface area contributed by atoms with Crippen molar-refractivity contribution in [2.75, 3.05) is 38.6 Å². The summed E-state index contributed by atoms with van der Waals surface area (Å²) in [5.74, 6) is 0.511. The lowest BCUT2D eigenvalue weighted by Gasteiger charge is -2.14. The molecule has 1 atom stereocenters. The number of anilines is 1. The van der Waals surface area contributed by atoms with E-state index in [1.165, 1.54) is 0 Å². The highest BCUT2D eigenvalue weighted by atomic mass is 16.5. The number of carbonyl (C=O) groups excluding carboxylic acids is 1. The molecule has 0 fully saturated rings. The number of aliphatic hydroxyl groups excluding tert-OH is 1. The number of likely N-dealkylation sites (N-methyl/N-ethyl adjacent to an activating group) is 1. The van der Waals surface area contributed by atoms with E-state index in [4.69, 9.17) is 9.72 Å². The van der Waals surface area contributed by atoms with Gasteiger partial charge in [-0.15, -0.1) is 0 Å². The Hall–Kier alpha value is -3.96. The number of ether oxygens (including phenoxy) is 1. The quantitative estimate of drug-likeness (QED) is 0.182. The molecule has 4 N–H and O–H groups in total. The Labute approximate surface area is 228 Å². The highest BCUT2D eigenvalue weighted by molar-refractivity contribution is 5.92. The second-order valence-corrected chi connectivity index (χ2v) is 9.79. The Balaban J connectivity index is 1.44. The molecule has 0 radical (unpaired) electrons. The molecule has 1 amide bonds. The number of unbranched alkanes of at least 4 members (excludes halogenated alkanes) is 1. The Morgan fingerprint density at radius 2 is 1.97 bits per heavy atom. The fourth-order valence-corrected chi connectivity index (χ4v) is 4.22. The number of rotatable bonds is 14. The molecule has 1 aromatic carbocycles. The second-order valence-electron chi connectivity index (χ2n) is 9.79. The molecule has 0 spiro atoms. The van der Waals surface area contributed by atoms with Crippen LogP contribution in [0, 0.1) is 0 Å². The molecule has 0 bridgehead atoms. The van der Waals surface area contributed by atoms with Crippen LogP contribution in [-0.2, 0) is 7.05 Å². The predicted molar refractivity (Wildman–Crippen MR) is 152 cm³/mol. The highest BCUT2D eigenvalue weighted by Gasteiger charge is 2.15. The number of hydrogen-bond acceptors (Lipinski definition) is 8. The fourth-order valence-electron chi connectivity index (χ4n) is 4.22. The number of nitrogens with zero attached hydrogens (tertiary/aromatic N) is 5. The third-order valence-corrected chi connectivity index (χ3v) is 6.22. The van der Waals surface area contributed by atoms with Crippen molar-refractivity contribution in [2.24, 2.45) is 7.05 Å². The number of aromatic nitrogens is 5. The second kappa shape index (κ2) is 13.2. The van der Waals surface area contributed by atoms with Gasteiger partial charge in [-0.05, 0) is 58.0 Å². The van der Waals surface area contributed by atoms with Crippen LogP contribution in [0.5, 0.6) is 5.75 Å². The third-order valence-electron chi connectivity index (χ3n) is 6.22. The van der Waals surface area contributed by atoms with Gasteiger partial charge >= 0.3 is 0 Å². The first-order chi connectivity index (χ1) is 18.9. The highest BCUT2D eigenvalue weighted by Crippen LogP contribution is 2.31. The average molecular weight is 535 g/mol. The molecule has 0 aliphatic rings. The number of pyridine rings is 1. The summed E-state index contributed by atoms with van der Waals surface area (Å²) < 4.78 is 9.35. The Morgan fingerprint density at radius 1 is 1.15 bits per heavy atom. The SMILES string of the molecule is CNCC(O)COc1cccc(-c2cc(NCCCCNC(=O)c3ccn(C)n3)c3cnn(C(C)C)c3n2)c1. The molecule has 39 heavy (non-hydrogen) atoms. The van der Waals surface area contributed by atoms with Gasteiger partial charge in [-0.25, -0.2) is 9.67 Å². The van der Waals surface area contributed by atoms with Gasteiger partial charge in [0.15, 0.2) is 5.65 Å². The maximum absolute atomic E-state index is 12.2. The zero-order valence-corrected chi connectivity index (χ0v) is 23.0. The number of benzene rings is 1. The molecule has 0 saturated heterocycles. The fraction of sp³-hybridized carbons (Fsp3) is 0.429. The van der Waals surface area contributed by atoms with E-state index in [2.05, 4.69) is 40.0 Å². The normalized spacial score (nSPS) is 12.2. The molecule has 4 aromatic rings. The van der Waals surface area contributed by atoms with E-state index in [9.17, 15) is 9.90 Å².